The summed E-state index contributed by atoms with van der Waals surface area (Å²) in [6.45, 7) is 2.75. The lowest BCUT2D eigenvalue weighted by atomic mass is 9.94. The number of nitrogens with zero attached hydrogens (tertiary/aromatic N) is 3. The summed E-state index contributed by atoms with van der Waals surface area (Å²) >= 11 is 0. The number of aromatic nitrogens is 4. The molecule has 6 nitrogen and oxygen atoms in total. The van der Waals surface area contributed by atoms with E-state index >= 15 is 0 Å². The zero-order valence-electron chi connectivity index (χ0n) is 13.5. The van der Waals surface area contributed by atoms with Crippen LogP contribution in [0.1, 0.15) is 34.2 Å². The molecule has 1 N–H and O–H groups in total. The Kier molecular flexibility index (Phi) is 3.65. The van der Waals surface area contributed by atoms with E-state index < -0.39 is 0 Å². The molecule has 0 saturated carbocycles. The molecule has 122 valence electrons. The van der Waals surface area contributed by atoms with Crippen LogP contribution in [0.5, 0.6) is 0 Å². The van der Waals surface area contributed by atoms with E-state index in [2.05, 4.69) is 27.4 Å². The van der Waals surface area contributed by atoms with Crippen LogP contribution in [-0.2, 0) is 24.1 Å². The summed E-state index contributed by atoms with van der Waals surface area (Å²) in [6, 6.07) is 10.1. The fourth-order valence-corrected chi connectivity index (χ4v) is 3.23. The Bertz CT molecular complexity index is 880. The molecule has 1 aliphatic carbocycles. The van der Waals surface area contributed by atoms with E-state index in [0.29, 0.717) is 18.8 Å². The van der Waals surface area contributed by atoms with Gasteiger partial charge in [0.2, 0.25) is 0 Å². The van der Waals surface area contributed by atoms with Crippen LogP contribution in [0.2, 0.25) is 0 Å². The molecule has 0 unspecified atom stereocenters. The summed E-state index contributed by atoms with van der Waals surface area (Å²) in [6.07, 6.45) is 3.39. The van der Waals surface area contributed by atoms with Crippen molar-refractivity contribution in [2.75, 3.05) is 6.61 Å². The van der Waals surface area contributed by atoms with Crippen molar-refractivity contribution < 1.29 is 9.53 Å². The van der Waals surface area contributed by atoms with Crippen LogP contribution in [0.25, 0.3) is 11.3 Å². The van der Waals surface area contributed by atoms with E-state index in [1.807, 2.05) is 29.1 Å². The quantitative estimate of drug-likeness (QED) is 0.749. The molecule has 0 amide bonds. The third-order valence-electron chi connectivity index (χ3n) is 4.29. The molecule has 3 aromatic rings. The number of ether oxygens (including phenoxy) is 1. The molecule has 0 saturated heterocycles. The molecule has 1 aliphatic rings. The SMILES string of the molecule is CCOC(=O)c1nn(Cc2ccccc2)c2c1CCc1[nH]ncc1-2. The molecular formula is C18H18N4O2. The van der Waals surface area contributed by atoms with Gasteiger partial charge < -0.3 is 4.74 Å². The number of benzene rings is 1. The van der Waals surface area contributed by atoms with E-state index in [4.69, 9.17) is 4.74 Å². The molecule has 0 fully saturated rings. The van der Waals surface area contributed by atoms with E-state index in [1.54, 1.807) is 6.92 Å². The fourth-order valence-electron chi connectivity index (χ4n) is 3.23. The topological polar surface area (TPSA) is 72.8 Å². The number of carbonyl (C=O) groups excluding carboxylic acids is 1. The number of H-pyrrole nitrogens is 1. The smallest absolute Gasteiger partial charge is 0.359 e. The van der Waals surface area contributed by atoms with Gasteiger partial charge in [0, 0.05) is 16.8 Å². The average Bonchev–Trinajstić information content (AvgIpc) is 3.20. The molecule has 1 aromatic carbocycles. The largest absolute Gasteiger partial charge is 0.461 e. The number of fused-ring (bicyclic) bond motifs is 3. The van der Waals surface area contributed by atoms with Crippen molar-refractivity contribution in [1.82, 2.24) is 20.0 Å². The molecule has 2 heterocycles. The molecule has 6 heteroatoms. The summed E-state index contributed by atoms with van der Waals surface area (Å²) in [5.41, 5.74) is 5.60. The first-order valence-electron chi connectivity index (χ1n) is 8.11. The molecule has 0 atom stereocenters. The Morgan fingerprint density at radius 3 is 2.92 bits per heavy atom. The van der Waals surface area contributed by atoms with Gasteiger partial charge in [0.15, 0.2) is 5.69 Å². The van der Waals surface area contributed by atoms with Crippen molar-refractivity contribution in [3.8, 4) is 11.3 Å². The number of carbonyl (C=O) groups is 1. The first kappa shape index (κ1) is 14.7. The first-order valence-corrected chi connectivity index (χ1v) is 8.11. The maximum absolute atomic E-state index is 12.3. The van der Waals surface area contributed by atoms with Gasteiger partial charge in [-0.15, -0.1) is 0 Å². The van der Waals surface area contributed by atoms with Crippen LogP contribution in [0.4, 0.5) is 0 Å². The molecule has 0 radical (unpaired) electrons. The molecule has 0 aliphatic heterocycles. The molecule has 0 bridgehead atoms. The molecule has 24 heavy (non-hydrogen) atoms. The maximum Gasteiger partial charge on any atom is 0.359 e. The van der Waals surface area contributed by atoms with Crippen molar-refractivity contribution in [3.05, 3.63) is 59.0 Å². The van der Waals surface area contributed by atoms with Crippen molar-refractivity contribution >= 4 is 5.97 Å². The zero-order chi connectivity index (χ0) is 16.5. The Morgan fingerprint density at radius 1 is 1.29 bits per heavy atom. The Labute approximate surface area is 139 Å². The van der Waals surface area contributed by atoms with Gasteiger partial charge in [-0.05, 0) is 25.3 Å². The third kappa shape index (κ3) is 2.40. The Morgan fingerprint density at radius 2 is 2.12 bits per heavy atom. The van der Waals surface area contributed by atoms with E-state index in [1.165, 1.54) is 0 Å². The second kappa shape index (κ2) is 5.96. The van der Waals surface area contributed by atoms with Gasteiger partial charge in [0.25, 0.3) is 0 Å². The van der Waals surface area contributed by atoms with Gasteiger partial charge in [-0.2, -0.15) is 10.2 Å². The second-order valence-corrected chi connectivity index (χ2v) is 5.80. The van der Waals surface area contributed by atoms with E-state index in [9.17, 15) is 4.79 Å². The van der Waals surface area contributed by atoms with Crippen LogP contribution in [0.3, 0.4) is 0 Å². The molecule has 4 rings (SSSR count). The molecular weight excluding hydrogens is 304 g/mol. The highest BCUT2D eigenvalue weighted by Gasteiger charge is 2.29. The Hall–Kier alpha value is -2.89. The summed E-state index contributed by atoms with van der Waals surface area (Å²) in [7, 11) is 0. The Balaban J connectivity index is 1.83. The van der Waals surface area contributed by atoms with Gasteiger partial charge in [0.05, 0.1) is 25.0 Å². The van der Waals surface area contributed by atoms with Crippen molar-refractivity contribution in [2.45, 2.75) is 26.3 Å². The minimum absolute atomic E-state index is 0.343. The fraction of sp³-hybridized carbons (Fsp3) is 0.278. The number of nitrogens with one attached hydrogen (secondary N) is 1. The number of hydrogen-bond acceptors (Lipinski definition) is 4. The van der Waals surface area contributed by atoms with Crippen molar-refractivity contribution in [2.24, 2.45) is 0 Å². The zero-order valence-corrected chi connectivity index (χ0v) is 13.5. The molecule has 0 spiro atoms. The van der Waals surface area contributed by atoms with Crippen LogP contribution in [0, 0.1) is 0 Å². The van der Waals surface area contributed by atoms with Gasteiger partial charge in [-0.25, -0.2) is 4.79 Å². The van der Waals surface area contributed by atoms with Crippen molar-refractivity contribution in [1.29, 1.82) is 0 Å². The standard InChI is InChI=1S/C18H18N4O2/c1-2-24-18(23)16-13-8-9-15-14(10-19-20-15)17(13)22(21-16)11-12-6-4-3-5-7-12/h3-7,10H,2,8-9,11H2,1H3,(H,19,20). The normalized spacial score (nSPS) is 12.5. The highest BCUT2D eigenvalue weighted by molar-refractivity contribution is 5.92. The van der Waals surface area contributed by atoms with E-state index in [-0.39, 0.29) is 5.97 Å². The molecule has 2 aromatic heterocycles. The lowest BCUT2D eigenvalue weighted by Gasteiger charge is -2.14. The lowest BCUT2D eigenvalue weighted by Crippen LogP contribution is -2.10. The minimum atomic E-state index is -0.354. The van der Waals surface area contributed by atoms with Gasteiger partial charge >= 0.3 is 5.97 Å². The summed E-state index contributed by atoms with van der Waals surface area (Å²) in [5.74, 6) is -0.354. The first-order chi connectivity index (χ1) is 11.8. The van der Waals surface area contributed by atoms with Crippen LogP contribution < -0.4 is 0 Å². The van der Waals surface area contributed by atoms with E-state index in [0.717, 1.165) is 40.9 Å². The van der Waals surface area contributed by atoms with Crippen LogP contribution >= 0.6 is 0 Å². The third-order valence-corrected chi connectivity index (χ3v) is 4.29. The summed E-state index contributed by atoms with van der Waals surface area (Å²) in [5, 5.41) is 11.8. The number of aryl methyl sites for hydroxylation is 1. The predicted octanol–water partition coefficient (Wildman–Crippen LogP) is 2.60. The highest BCUT2D eigenvalue weighted by atomic mass is 16.5. The summed E-state index contributed by atoms with van der Waals surface area (Å²) < 4.78 is 7.08. The monoisotopic (exact) mass is 322 g/mol. The maximum atomic E-state index is 12.3. The average molecular weight is 322 g/mol. The number of aromatic amines is 1. The van der Waals surface area contributed by atoms with Gasteiger partial charge in [0.1, 0.15) is 0 Å². The van der Waals surface area contributed by atoms with Crippen LogP contribution in [-0.4, -0.2) is 32.6 Å². The number of esters is 1. The number of hydrogen-bond donors (Lipinski definition) is 1. The highest BCUT2D eigenvalue weighted by Crippen LogP contribution is 2.34. The predicted molar refractivity (Wildman–Crippen MR) is 88.7 cm³/mol. The summed E-state index contributed by atoms with van der Waals surface area (Å²) in [4.78, 5) is 12.3. The van der Waals surface area contributed by atoms with Crippen LogP contribution in [0.15, 0.2) is 36.5 Å². The van der Waals surface area contributed by atoms with Gasteiger partial charge in [-0.1, -0.05) is 30.3 Å². The van der Waals surface area contributed by atoms with Crippen molar-refractivity contribution in [3.63, 3.8) is 0 Å². The van der Waals surface area contributed by atoms with Gasteiger partial charge in [-0.3, -0.25) is 9.78 Å². The lowest BCUT2D eigenvalue weighted by molar-refractivity contribution is 0.0517. The number of rotatable bonds is 4. The second-order valence-electron chi connectivity index (χ2n) is 5.80. The minimum Gasteiger partial charge on any atom is -0.461 e.